The molecule has 0 heterocycles. The van der Waals surface area contributed by atoms with Crippen molar-refractivity contribution >= 4 is 5.91 Å². The Morgan fingerprint density at radius 2 is 1.78 bits per heavy atom. The van der Waals surface area contributed by atoms with Gasteiger partial charge in [0.1, 0.15) is 11.5 Å². The zero-order chi connectivity index (χ0) is 19.8. The van der Waals surface area contributed by atoms with Crippen LogP contribution in [-0.2, 0) is 4.79 Å². The zero-order valence-corrected chi connectivity index (χ0v) is 17.0. The van der Waals surface area contributed by atoms with Crippen LogP contribution in [0.2, 0.25) is 0 Å². The number of hydrogen-bond acceptors (Lipinski definition) is 3. The first-order valence-corrected chi connectivity index (χ1v) is 9.58. The van der Waals surface area contributed by atoms with E-state index in [4.69, 9.17) is 9.47 Å². The van der Waals surface area contributed by atoms with Gasteiger partial charge in [0, 0.05) is 6.42 Å². The van der Waals surface area contributed by atoms with Gasteiger partial charge in [0.05, 0.1) is 19.8 Å². The average Bonchev–Trinajstić information content (AvgIpc) is 2.65. The van der Waals surface area contributed by atoms with E-state index in [1.54, 1.807) is 7.11 Å². The summed E-state index contributed by atoms with van der Waals surface area (Å²) in [6.07, 6.45) is 1.13. The molecule has 146 valence electrons. The van der Waals surface area contributed by atoms with Crippen molar-refractivity contribution in [1.82, 2.24) is 5.32 Å². The van der Waals surface area contributed by atoms with Crippen molar-refractivity contribution in [1.29, 1.82) is 0 Å². The molecular formula is C23H31NO3. The van der Waals surface area contributed by atoms with E-state index in [-0.39, 0.29) is 11.9 Å². The van der Waals surface area contributed by atoms with Crippen molar-refractivity contribution < 1.29 is 14.3 Å². The molecule has 0 radical (unpaired) electrons. The van der Waals surface area contributed by atoms with E-state index < -0.39 is 0 Å². The van der Waals surface area contributed by atoms with E-state index >= 15 is 0 Å². The first-order valence-electron chi connectivity index (χ1n) is 9.58. The molecule has 0 bridgehead atoms. The number of carbonyl (C=O) groups is 1. The fraction of sp³-hybridized carbons (Fsp3) is 0.435. The number of ether oxygens (including phenoxy) is 2. The number of amides is 1. The third-order valence-corrected chi connectivity index (χ3v) is 4.64. The van der Waals surface area contributed by atoms with E-state index in [9.17, 15) is 4.79 Å². The highest BCUT2D eigenvalue weighted by Crippen LogP contribution is 2.32. The minimum atomic E-state index is -0.0454. The Bertz CT molecular complexity index is 741. The monoisotopic (exact) mass is 369 g/mol. The van der Waals surface area contributed by atoms with Gasteiger partial charge in [0.2, 0.25) is 5.91 Å². The van der Waals surface area contributed by atoms with E-state index in [0.717, 1.165) is 28.2 Å². The summed E-state index contributed by atoms with van der Waals surface area (Å²) in [4.78, 5) is 12.3. The highest BCUT2D eigenvalue weighted by molar-refractivity contribution is 5.76. The zero-order valence-electron chi connectivity index (χ0n) is 17.0. The lowest BCUT2D eigenvalue weighted by atomic mass is 9.93. The number of hydrogen-bond donors (Lipinski definition) is 1. The van der Waals surface area contributed by atoms with Crippen molar-refractivity contribution in [3.8, 4) is 11.5 Å². The summed E-state index contributed by atoms with van der Waals surface area (Å²) in [5, 5.41) is 3.10. The fourth-order valence-electron chi connectivity index (χ4n) is 3.14. The molecular weight excluding hydrogens is 338 g/mol. The summed E-state index contributed by atoms with van der Waals surface area (Å²) in [7, 11) is 1.70. The van der Waals surface area contributed by atoms with Crippen LogP contribution in [0.5, 0.6) is 11.5 Å². The largest absolute Gasteiger partial charge is 0.496 e. The Morgan fingerprint density at radius 1 is 1.07 bits per heavy atom. The molecule has 2 rings (SSSR count). The lowest BCUT2D eigenvalue weighted by molar-refractivity contribution is -0.121. The lowest BCUT2D eigenvalue weighted by Gasteiger charge is -2.21. The summed E-state index contributed by atoms with van der Waals surface area (Å²) in [5.41, 5.74) is 3.42. The van der Waals surface area contributed by atoms with Gasteiger partial charge in [0.15, 0.2) is 0 Å². The second-order valence-corrected chi connectivity index (χ2v) is 7.16. The number of nitrogens with one attached hydrogen (secondary N) is 1. The van der Waals surface area contributed by atoms with Crippen LogP contribution in [0.4, 0.5) is 0 Å². The maximum absolute atomic E-state index is 12.3. The van der Waals surface area contributed by atoms with Crippen LogP contribution in [0.15, 0.2) is 42.5 Å². The Kier molecular flexibility index (Phi) is 7.71. The normalized spacial score (nSPS) is 11.9. The van der Waals surface area contributed by atoms with Gasteiger partial charge < -0.3 is 14.8 Å². The minimum Gasteiger partial charge on any atom is -0.496 e. The molecule has 1 atom stereocenters. The maximum Gasteiger partial charge on any atom is 0.220 e. The third kappa shape index (κ3) is 6.02. The van der Waals surface area contributed by atoms with Crippen molar-refractivity contribution in [3.63, 3.8) is 0 Å². The highest BCUT2D eigenvalue weighted by Gasteiger charge is 2.16. The van der Waals surface area contributed by atoms with Crippen LogP contribution < -0.4 is 14.8 Å². The first kappa shape index (κ1) is 20.8. The van der Waals surface area contributed by atoms with Crippen molar-refractivity contribution in [2.75, 3.05) is 13.7 Å². The highest BCUT2D eigenvalue weighted by atomic mass is 16.5. The Morgan fingerprint density at radius 3 is 2.41 bits per heavy atom. The van der Waals surface area contributed by atoms with Gasteiger partial charge in [-0.3, -0.25) is 4.79 Å². The predicted octanol–water partition coefficient (Wildman–Crippen LogP) is 5.16. The van der Waals surface area contributed by atoms with Gasteiger partial charge in [-0.1, -0.05) is 32.0 Å². The van der Waals surface area contributed by atoms with Gasteiger partial charge >= 0.3 is 0 Å². The smallest absolute Gasteiger partial charge is 0.220 e. The van der Waals surface area contributed by atoms with Crippen molar-refractivity contribution in [2.24, 2.45) is 0 Å². The molecule has 0 spiro atoms. The van der Waals surface area contributed by atoms with Gasteiger partial charge in [-0.15, -0.1) is 0 Å². The maximum atomic E-state index is 12.3. The number of aryl methyl sites for hydroxylation is 1. The van der Waals surface area contributed by atoms with Gasteiger partial charge in [-0.2, -0.15) is 0 Å². The number of benzene rings is 2. The van der Waals surface area contributed by atoms with Crippen LogP contribution in [0.3, 0.4) is 0 Å². The van der Waals surface area contributed by atoms with Gasteiger partial charge in [0.25, 0.3) is 0 Å². The number of para-hydroxylation sites is 1. The topological polar surface area (TPSA) is 47.6 Å². The van der Waals surface area contributed by atoms with E-state index in [1.165, 1.54) is 0 Å². The molecule has 1 N–H and O–H groups in total. The Balaban J connectivity index is 1.89. The quantitative estimate of drug-likeness (QED) is 0.621. The molecule has 1 amide bonds. The van der Waals surface area contributed by atoms with Gasteiger partial charge in [-0.25, -0.2) is 0 Å². The summed E-state index contributed by atoms with van der Waals surface area (Å²) in [6.45, 7) is 8.90. The predicted molar refractivity (Wildman–Crippen MR) is 110 cm³/mol. The van der Waals surface area contributed by atoms with E-state index in [0.29, 0.717) is 25.4 Å². The first-order chi connectivity index (χ1) is 12.9. The van der Waals surface area contributed by atoms with Crippen LogP contribution in [0.25, 0.3) is 0 Å². The summed E-state index contributed by atoms with van der Waals surface area (Å²) in [5.74, 6) is 2.14. The fourth-order valence-corrected chi connectivity index (χ4v) is 3.14. The molecule has 2 aromatic carbocycles. The van der Waals surface area contributed by atoms with Crippen LogP contribution in [-0.4, -0.2) is 19.6 Å². The molecule has 4 nitrogen and oxygen atoms in total. The molecule has 0 aromatic heterocycles. The lowest BCUT2D eigenvalue weighted by Crippen LogP contribution is -2.27. The number of rotatable bonds is 9. The molecule has 0 aliphatic heterocycles. The Hall–Kier alpha value is -2.49. The molecule has 0 fully saturated rings. The molecule has 0 aliphatic rings. The average molecular weight is 370 g/mol. The van der Waals surface area contributed by atoms with E-state index in [2.05, 4.69) is 38.2 Å². The van der Waals surface area contributed by atoms with Crippen LogP contribution >= 0.6 is 0 Å². The van der Waals surface area contributed by atoms with Crippen LogP contribution in [0, 0.1) is 6.92 Å². The molecule has 1 unspecified atom stereocenters. The summed E-state index contributed by atoms with van der Waals surface area (Å²) < 4.78 is 11.1. The molecule has 27 heavy (non-hydrogen) atoms. The van der Waals surface area contributed by atoms with Crippen LogP contribution in [0.1, 0.15) is 62.3 Å². The molecule has 2 aromatic rings. The Labute approximate surface area is 162 Å². The molecule has 0 aliphatic carbocycles. The SMILES string of the molecule is COc1cc(C)c(C(C)NC(=O)CCCOc2ccccc2)cc1C(C)C. The minimum absolute atomic E-state index is 0.0421. The number of carbonyl (C=O) groups excluding carboxylic acids is 1. The second-order valence-electron chi connectivity index (χ2n) is 7.16. The molecule has 4 heteroatoms. The standard InChI is InChI=1S/C23H31NO3/c1-16(2)20-15-21(17(3)14-22(20)26-5)18(4)24-23(25)12-9-13-27-19-10-7-6-8-11-19/h6-8,10-11,14-16,18H,9,12-13H2,1-5H3,(H,24,25). The summed E-state index contributed by atoms with van der Waals surface area (Å²) >= 11 is 0. The second kappa shape index (κ2) is 10.0. The number of methoxy groups -OCH3 is 1. The van der Waals surface area contributed by atoms with Crippen molar-refractivity contribution in [2.45, 2.75) is 52.5 Å². The van der Waals surface area contributed by atoms with E-state index in [1.807, 2.05) is 37.3 Å². The summed E-state index contributed by atoms with van der Waals surface area (Å²) in [6, 6.07) is 13.8. The molecule has 0 saturated heterocycles. The molecule has 0 saturated carbocycles. The van der Waals surface area contributed by atoms with Crippen molar-refractivity contribution in [3.05, 3.63) is 59.2 Å². The van der Waals surface area contributed by atoms with Gasteiger partial charge in [-0.05, 0) is 67.1 Å². The third-order valence-electron chi connectivity index (χ3n) is 4.64.